The number of fused-ring (bicyclic) bond motifs is 1. The number of rotatable bonds is 7. The average molecular weight is 373 g/mol. The maximum absolute atomic E-state index is 12.5. The van der Waals surface area contributed by atoms with Gasteiger partial charge in [0.2, 0.25) is 0 Å². The van der Waals surface area contributed by atoms with E-state index in [1.165, 1.54) is 11.1 Å². The highest BCUT2D eigenvalue weighted by Gasteiger charge is 2.55. The molecular formula is C22H31NO4. The molecule has 0 unspecified atom stereocenters. The van der Waals surface area contributed by atoms with E-state index in [1.54, 1.807) is 14.2 Å². The topological polar surface area (TPSA) is 48.0 Å². The smallest absolute Gasteiger partial charge is 0.133 e. The largest absolute Gasteiger partial charge is 0.497 e. The van der Waals surface area contributed by atoms with Crippen LogP contribution in [0.1, 0.15) is 36.8 Å². The van der Waals surface area contributed by atoms with Crippen LogP contribution in [0.3, 0.4) is 0 Å². The molecule has 1 heterocycles. The van der Waals surface area contributed by atoms with Gasteiger partial charge in [-0.15, -0.1) is 0 Å². The molecule has 2 fully saturated rings. The molecular weight excluding hydrogens is 342 g/mol. The van der Waals surface area contributed by atoms with E-state index in [9.17, 15) is 4.79 Å². The van der Waals surface area contributed by atoms with Gasteiger partial charge in [-0.2, -0.15) is 0 Å². The second-order valence-electron chi connectivity index (χ2n) is 8.20. The second-order valence-corrected chi connectivity index (χ2v) is 8.20. The van der Waals surface area contributed by atoms with E-state index in [-0.39, 0.29) is 5.41 Å². The van der Waals surface area contributed by atoms with Gasteiger partial charge in [-0.25, -0.2) is 0 Å². The van der Waals surface area contributed by atoms with Crippen molar-refractivity contribution < 1.29 is 19.0 Å². The number of benzene rings is 1. The predicted molar refractivity (Wildman–Crippen MR) is 103 cm³/mol. The number of Topliss-reactive ketones (excluding diaryl/α,β-unsaturated/α-hetero) is 1. The Morgan fingerprint density at radius 3 is 2.93 bits per heavy atom. The molecule has 0 aromatic heterocycles. The lowest BCUT2D eigenvalue weighted by Gasteiger charge is -2.58. The molecule has 0 N–H and O–H groups in total. The minimum absolute atomic E-state index is 0.00946. The van der Waals surface area contributed by atoms with E-state index >= 15 is 0 Å². The van der Waals surface area contributed by atoms with Crippen molar-refractivity contribution in [2.24, 2.45) is 5.92 Å². The Bertz CT molecular complexity index is 691. The number of hydrogen-bond donors (Lipinski definition) is 0. The molecule has 3 atom stereocenters. The summed E-state index contributed by atoms with van der Waals surface area (Å²) >= 11 is 0. The first-order chi connectivity index (χ1) is 13.2. The minimum atomic E-state index is 0.00946. The molecule has 5 nitrogen and oxygen atoms in total. The summed E-state index contributed by atoms with van der Waals surface area (Å²) < 4.78 is 16.3. The number of likely N-dealkylation sites (tertiary alicyclic amines) is 1. The van der Waals surface area contributed by atoms with Crippen molar-refractivity contribution in [3.63, 3.8) is 0 Å². The van der Waals surface area contributed by atoms with Gasteiger partial charge in [0.05, 0.1) is 26.9 Å². The third-order valence-electron chi connectivity index (χ3n) is 6.97. The summed E-state index contributed by atoms with van der Waals surface area (Å²) in [6, 6.07) is 7.00. The highest BCUT2D eigenvalue weighted by Crippen LogP contribution is 2.55. The van der Waals surface area contributed by atoms with Crippen LogP contribution in [0.15, 0.2) is 18.2 Å². The third kappa shape index (κ3) is 3.41. The van der Waals surface area contributed by atoms with E-state index < -0.39 is 0 Å². The van der Waals surface area contributed by atoms with Gasteiger partial charge in [-0.1, -0.05) is 6.07 Å². The Labute approximate surface area is 162 Å². The van der Waals surface area contributed by atoms with Crippen molar-refractivity contribution in [1.82, 2.24) is 4.90 Å². The summed E-state index contributed by atoms with van der Waals surface area (Å²) in [4.78, 5) is 15.1. The van der Waals surface area contributed by atoms with Gasteiger partial charge in [0.25, 0.3) is 0 Å². The molecule has 3 aliphatic rings. The number of ketones is 1. The molecule has 0 amide bonds. The molecule has 1 saturated carbocycles. The third-order valence-corrected chi connectivity index (χ3v) is 6.97. The molecule has 1 aromatic carbocycles. The summed E-state index contributed by atoms with van der Waals surface area (Å²) in [7, 11) is 3.42. The van der Waals surface area contributed by atoms with Gasteiger partial charge in [0.1, 0.15) is 11.5 Å². The molecule has 4 rings (SSSR count). The van der Waals surface area contributed by atoms with Gasteiger partial charge in [0.15, 0.2) is 0 Å². The normalized spacial score (nSPS) is 29.9. The van der Waals surface area contributed by atoms with Crippen molar-refractivity contribution in [2.75, 3.05) is 47.1 Å². The fourth-order valence-corrected chi connectivity index (χ4v) is 5.72. The van der Waals surface area contributed by atoms with Crippen molar-refractivity contribution in [2.45, 2.75) is 43.6 Å². The zero-order valence-electron chi connectivity index (χ0n) is 16.5. The average Bonchev–Trinajstić information content (AvgIpc) is 2.68. The summed E-state index contributed by atoms with van der Waals surface area (Å²) in [6.07, 6.45) is 4.57. The van der Waals surface area contributed by atoms with Crippen molar-refractivity contribution in [3.8, 4) is 5.75 Å². The summed E-state index contributed by atoms with van der Waals surface area (Å²) in [5, 5.41) is 0. The Kier molecular flexibility index (Phi) is 5.53. The first-order valence-electron chi connectivity index (χ1n) is 10.2. The zero-order valence-corrected chi connectivity index (χ0v) is 16.5. The van der Waals surface area contributed by atoms with E-state index in [4.69, 9.17) is 14.2 Å². The number of piperidine rings is 1. The van der Waals surface area contributed by atoms with Crippen molar-refractivity contribution in [1.29, 1.82) is 0 Å². The number of nitrogens with zero attached hydrogens (tertiary/aromatic N) is 1. The maximum atomic E-state index is 12.5. The fraction of sp³-hybridized carbons (Fsp3) is 0.682. The van der Waals surface area contributed by atoms with E-state index in [2.05, 4.69) is 23.1 Å². The maximum Gasteiger partial charge on any atom is 0.133 e. The Balaban J connectivity index is 1.58. The molecule has 1 aromatic rings. The van der Waals surface area contributed by atoms with Crippen LogP contribution in [0, 0.1) is 5.92 Å². The highest BCUT2D eigenvalue weighted by molar-refractivity contribution is 5.81. The predicted octanol–water partition coefficient (Wildman–Crippen LogP) is 2.60. The lowest BCUT2D eigenvalue weighted by Crippen LogP contribution is -2.62. The number of ether oxygens (including phenoxy) is 3. The SMILES string of the molecule is COCCOCCN1CC[C@@]23CC(=O)CC[C@@H]2[C@@H]1Cc1ccc(OC)cc13. The highest BCUT2D eigenvalue weighted by atomic mass is 16.5. The second kappa shape index (κ2) is 7.90. The van der Waals surface area contributed by atoms with Crippen LogP contribution in [0.25, 0.3) is 0 Å². The summed E-state index contributed by atoms with van der Waals surface area (Å²) in [6.45, 7) is 4.04. The van der Waals surface area contributed by atoms with Crippen LogP contribution in [0.2, 0.25) is 0 Å². The summed E-state index contributed by atoms with van der Waals surface area (Å²) in [5.41, 5.74) is 2.79. The van der Waals surface area contributed by atoms with Crippen LogP contribution < -0.4 is 4.74 Å². The van der Waals surface area contributed by atoms with Crippen molar-refractivity contribution in [3.05, 3.63) is 29.3 Å². The van der Waals surface area contributed by atoms with E-state index in [1.807, 2.05) is 0 Å². The van der Waals surface area contributed by atoms with Gasteiger partial charge >= 0.3 is 0 Å². The van der Waals surface area contributed by atoms with Gasteiger partial charge < -0.3 is 14.2 Å². The molecule has 2 bridgehead atoms. The monoisotopic (exact) mass is 373 g/mol. The van der Waals surface area contributed by atoms with Gasteiger partial charge in [-0.3, -0.25) is 9.69 Å². The van der Waals surface area contributed by atoms with Crippen LogP contribution in [0.4, 0.5) is 0 Å². The first kappa shape index (κ1) is 18.9. The molecule has 27 heavy (non-hydrogen) atoms. The number of carbonyl (C=O) groups is 1. The lowest BCUT2D eigenvalue weighted by atomic mass is 9.52. The van der Waals surface area contributed by atoms with E-state index in [0.29, 0.717) is 37.4 Å². The first-order valence-corrected chi connectivity index (χ1v) is 10.2. The quantitative estimate of drug-likeness (QED) is 0.688. The Morgan fingerprint density at radius 2 is 2.11 bits per heavy atom. The Morgan fingerprint density at radius 1 is 1.22 bits per heavy atom. The molecule has 1 aliphatic heterocycles. The lowest BCUT2D eigenvalue weighted by molar-refractivity contribution is -0.127. The number of carbonyl (C=O) groups excluding carboxylic acids is 1. The molecule has 1 saturated heterocycles. The van der Waals surface area contributed by atoms with Crippen molar-refractivity contribution >= 4 is 5.78 Å². The van der Waals surface area contributed by atoms with Crippen LogP contribution in [0.5, 0.6) is 5.75 Å². The molecule has 5 heteroatoms. The van der Waals surface area contributed by atoms with Crippen LogP contribution >= 0.6 is 0 Å². The fourth-order valence-electron chi connectivity index (χ4n) is 5.72. The number of hydrogen-bond acceptors (Lipinski definition) is 5. The molecule has 0 radical (unpaired) electrons. The van der Waals surface area contributed by atoms with Crippen LogP contribution in [-0.4, -0.2) is 63.9 Å². The minimum Gasteiger partial charge on any atom is -0.497 e. The molecule has 0 spiro atoms. The molecule has 148 valence electrons. The zero-order chi connectivity index (χ0) is 18.9. The van der Waals surface area contributed by atoms with Gasteiger partial charge in [-0.05, 0) is 55.0 Å². The van der Waals surface area contributed by atoms with Gasteiger partial charge in [0, 0.05) is 38.0 Å². The standard InChI is InChI=1S/C22H31NO4/c1-25-11-12-27-10-9-23-8-7-22-15-17(24)4-6-19(22)21(23)13-16-3-5-18(26-2)14-20(16)22/h3,5,14,19,21H,4,6-13,15H2,1-2H3/t19-,21+,22-/m1/s1. The molecule has 2 aliphatic carbocycles. The Hall–Kier alpha value is -1.43. The van der Waals surface area contributed by atoms with Crippen LogP contribution in [-0.2, 0) is 26.1 Å². The summed E-state index contributed by atoms with van der Waals surface area (Å²) in [5.74, 6) is 1.90. The number of methoxy groups -OCH3 is 2. The van der Waals surface area contributed by atoms with E-state index in [0.717, 1.165) is 51.1 Å².